The van der Waals surface area contributed by atoms with Crippen LogP contribution in [-0.2, 0) is 6.42 Å². The fourth-order valence-electron chi connectivity index (χ4n) is 4.52. The number of allylic oxidation sites excluding steroid dienone is 5. The van der Waals surface area contributed by atoms with E-state index in [4.69, 9.17) is 0 Å². The summed E-state index contributed by atoms with van der Waals surface area (Å²) in [4.78, 5) is 0. The van der Waals surface area contributed by atoms with Crippen LogP contribution in [0.1, 0.15) is 57.1 Å². The van der Waals surface area contributed by atoms with Crippen molar-refractivity contribution < 1.29 is 4.39 Å². The molecule has 0 nitrogen and oxygen atoms in total. The van der Waals surface area contributed by atoms with Crippen LogP contribution in [0.4, 0.5) is 4.39 Å². The van der Waals surface area contributed by atoms with Gasteiger partial charge in [-0.2, -0.15) is 0 Å². The third-order valence-corrected chi connectivity index (χ3v) is 5.85. The van der Waals surface area contributed by atoms with E-state index < -0.39 is 0 Å². The zero-order chi connectivity index (χ0) is 16.0. The Labute approximate surface area is 138 Å². The van der Waals surface area contributed by atoms with Gasteiger partial charge in [0, 0.05) is 0 Å². The first-order valence-corrected chi connectivity index (χ1v) is 8.99. The maximum atomic E-state index is 13.7. The lowest BCUT2D eigenvalue weighted by Crippen LogP contribution is -2.15. The molecule has 0 unspecified atom stereocenters. The van der Waals surface area contributed by atoms with Gasteiger partial charge in [0.05, 0.1) is 0 Å². The Bertz CT molecular complexity index is 724. The fraction of sp³-hybridized carbons (Fsp3) is 0.455. The number of fused-ring (bicyclic) bond motifs is 1. The highest BCUT2D eigenvalue weighted by Crippen LogP contribution is 2.44. The van der Waals surface area contributed by atoms with Crippen molar-refractivity contribution in [1.82, 2.24) is 0 Å². The minimum Gasteiger partial charge on any atom is -0.207 e. The predicted octanol–water partition coefficient (Wildman–Crippen LogP) is 6.24. The molecule has 0 bridgehead atoms. The summed E-state index contributed by atoms with van der Waals surface area (Å²) in [5, 5.41) is 0. The number of rotatable bonds is 1. The Hall–Kier alpha value is -1.63. The number of benzene rings is 1. The zero-order valence-corrected chi connectivity index (χ0v) is 14.2. The maximum Gasteiger partial charge on any atom is 0.123 e. The van der Waals surface area contributed by atoms with E-state index in [1.807, 2.05) is 6.07 Å². The molecule has 1 aromatic rings. The van der Waals surface area contributed by atoms with Gasteiger partial charge >= 0.3 is 0 Å². The van der Waals surface area contributed by atoms with Crippen LogP contribution >= 0.6 is 0 Å². The van der Waals surface area contributed by atoms with Gasteiger partial charge in [-0.15, -0.1) is 0 Å². The molecular weight excluding hydrogens is 283 g/mol. The molecule has 0 atom stereocenters. The molecule has 4 rings (SSSR count). The van der Waals surface area contributed by atoms with Gasteiger partial charge in [-0.3, -0.25) is 0 Å². The molecule has 0 saturated heterocycles. The molecule has 3 aliphatic rings. The van der Waals surface area contributed by atoms with E-state index in [1.54, 1.807) is 12.1 Å². The van der Waals surface area contributed by atoms with Crippen molar-refractivity contribution in [2.24, 2.45) is 11.8 Å². The van der Waals surface area contributed by atoms with Crippen LogP contribution in [0.25, 0.3) is 6.08 Å². The first-order valence-electron chi connectivity index (χ1n) is 8.99. The highest BCUT2D eigenvalue weighted by Gasteiger charge is 2.28. The van der Waals surface area contributed by atoms with Crippen molar-refractivity contribution >= 4 is 6.08 Å². The van der Waals surface area contributed by atoms with Crippen LogP contribution in [0, 0.1) is 17.7 Å². The van der Waals surface area contributed by atoms with E-state index in [0.717, 1.165) is 24.3 Å². The minimum atomic E-state index is -0.120. The van der Waals surface area contributed by atoms with Crippen LogP contribution in [-0.4, -0.2) is 0 Å². The second kappa shape index (κ2) is 5.78. The highest BCUT2D eigenvalue weighted by molar-refractivity contribution is 5.69. The SMILES string of the molecule is CC1=CC2=C(C1)Cc1ccc(F)cc1C=C2C1CCC(C)CC1. The monoisotopic (exact) mass is 308 g/mol. The van der Waals surface area contributed by atoms with E-state index in [1.165, 1.54) is 53.5 Å². The summed E-state index contributed by atoms with van der Waals surface area (Å²) >= 11 is 0. The van der Waals surface area contributed by atoms with Crippen LogP contribution in [0.2, 0.25) is 0 Å². The van der Waals surface area contributed by atoms with Crippen molar-refractivity contribution in [2.75, 3.05) is 0 Å². The van der Waals surface area contributed by atoms with Crippen LogP contribution < -0.4 is 0 Å². The third-order valence-electron chi connectivity index (χ3n) is 5.85. The van der Waals surface area contributed by atoms with Crippen molar-refractivity contribution in [3.8, 4) is 0 Å². The largest absolute Gasteiger partial charge is 0.207 e. The fourth-order valence-corrected chi connectivity index (χ4v) is 4.52. The summed E-state index contributed by atoms with van der Waals surface area (Å²) in [7, 11) is 0. The summed E-state index contributed by atoms with van der Waals surface area (Å²) in [6, 6.07) is 5.31. The average molecular weight is 308 g/mol. The van der Waals surface area contributed by atoms with Crippen molar-refractivity contribution in [3.63, 3.8) is 0 Å². The Morgan fingerprint density at radius 1 is 1.00 bits per heavy atom. The molecule has 0 aliphatic heterocycles. The van der Waals surface area contributed by atoms with Crippen LogP contribution in [0.3, 0.4) is 0 Å². The van der Waals surface area contributed by atoms with E-state index >= 15 is 0 Å². The number of halogens is 1. The summed E-state index contributed by atoms with van der Waals surface area (Å²) in [6.07, 6.45) is 12.0. The predicted molar refractivity (Wildman–Crippen MR) is 94.6 cm³/mol. The molecule has 0 N–H and O–H groups in total. The molecule has 23 heavy (non-hydrogen) atoms. The molecule has 3 aliphatic carbocycles. The Balaban J connectivity index is 1.79. The Kier molecular flexibility index (Phi) is 3.75. The van der Waals surface area contributed by atoms with Gasteiger partial charge in [0.25, 0.3) is 0 Å². The van der Waals surface area contributed by atoms with Gasteiger partial charge in [0.1, 0.15) is 5.82 Å². The lowest BCUT2D eigenvalue weighted by molar-refractivity contribution is 0.323. The standard InChI is InChI=1S/C22H25F/c1-14-3-5-16(6-4-14)22-13-18-12-20(23)8-7-17(18)11-19-9-15(2)10-21(19)22/h7-8,10,12-14,16H,3-6,9,11H2,1-2H3. The van der Waals surface area contributed by atoms with Gasteiger partial charge < -0.3 is 0 Å². The molecule has 1 heteroatoms. The molecule has 0 amide bonds. The van der Waals surface area contributed by atoms with Gasteiger partial charge in [-0.1, -0.05) is 49.1 Å². The van der Waals surface area contributed by atoms with Crippen molar-refractivity contribution in [3.05, 3.63) is 63.5 Å². The molecule has 0 heterocycles. The van der Waals surface area contributed by atoms with Gasteiger partial charge in [-0.05, 0) is 78.8 Å². The second-order valence-electron chi connectivity index (χ2n) is 7.76. The number of hydrogen-bond donors (Lipinski definition) is 0. The van der Waals surface area contributed by atoms with E-state index in [-0.39, 0.29) is 5.82 Å². The van der Waals surface area contributed by atoms with Crippen LogP contribution in [0.15, 0.2) is 46.6 Å². The lowest BCUT2D eigenvalue weighted by atomic mass is 9.76. The first-order chi connectivity index (χ1) is 11.1. The smallest absolute Gasteiger partial charge is 0.123 e. The summed E-state index contributed by atoms with van der Waals surface area (Å²) in [5.41, 5.74) is 8.33. The normalized spacial score (nSPS) is 27.1. The average Bonchev–Trinajstić information content (AvgIpc) is 2.82. The first kappa shape index (κ1) is 14.9. The van der Waals surface area contributed by atoms with E-state index in [0.29, 0.717) is 5.92 Å². The number of hydrogen-bond acceptors (Lipinski definition) is 0. The zero-order valence-electron chi connectivity index (χ0n) is 14.2. The molecular formula is C22H25F. The van der Waals surface area contributed by atoms with E-state index in [2.05, 4.69) is 26.0 Å². The van der Waals surface area contributed by atoms with E-state index in [9.17, 15) is 4.39 Å². The maximum absolute atomic E-state index is 13.7. The molecule has 0 spiro atoms. The van der Waals surface area contributed by atoms with Gasteiger partial charge in [-0.25, -0.2) is 4.39 Å². The van der Waals surface area contributed by atoms with Crippen molar-refractivity contribution in [1.29, 1.82) is 0 Å². The van der Waals surface area contributed by atoms with Gasteiger partial charge in [0.15, 0.2) is 0 Å². The van der Waals surface area contributed by atoms with Crippen molar-refractivity contribution in [2.45, 2.75) is 52.4 Å². The highest BCUT2D eigenvalue weighted by atomic mass is 19.1. The quantitative estimate of drug-likeness (QED) is 0.576. The molecule has 1 saturated carbocycles. The Morgan fingerprint density at radius 3 is 2.57 bits per heavy atom. The molecule has 1 fully saturated rings. The van der Waals surface area contributed by atoms with Crippen LogP contribution in [0.5, 0.6) is 0 Å². The summed E-state index contributed by atoms with van der Waals surface area (Å²) in [5.74, 6) is 1.38. The summed E-state index contributed by atoms with van der Waals surface area (Å²) in [6.45, 7) is 4.60. The minimum absolute atomic E-state index is 0.120. The third kappa shape index (κ3) is 2.82. The topological polar surface area (TPSA) is 0 Å². The Morgan fingerprint density at radius 2 is 1.78 bits per heavy atom. The summed E-state index contributed by atoms with van der Waals surface area (Å²) < 4.78 is 13.7. The second-order valence-corrected chi connectivity index (χ2v) is 7.76. The lowest BCUT2D eigenvalue weighted by Gasteiger charge is -2.29. The van der Waals surface area contributed by atoms with Gasteiger partial charge in [0.2, 0.25) is 0 Å². The molecule has 120 valence electrons. The molecule has 1 aromatic carbocycles. The molecule has 0 aromatic heterocycles. The molecule has 0 radical (unpaired) electrons.